The van der Waals surface area contributed by atoms with Crippen LogP contribution in [-0.4, -0.2) is 39.5 Å². The molecule has 0 aromatic rings. The van der Waals surface area contributed by atoms with Crippen LogP contribution in [0.15, 0.2) is 0 Å². The van der Waals surface area contributed by atoms with Crippen molar-refractivity contribution in [1.82, 2.24) is 5.32 Å². The van der Waals surface area contributed by atoms with E-state index in [4.69, 9.17) is 9.84 Å². The van der Waals surface area contributed by atoms with E-state index in [1.807, 2.05) is 0 Å². The van der Waals surface area contributed by atoms with E-state index in [1.165, 1.54) is 0 Å². The predicted molar refractivity (Wildman–Crippen MR) is 64.2 cm³/mol. The van der Waals surface area contributed by atoms with Crippen molar-refractivity contribution in [3.05, 3.63) is 0 Å². The molecule has 6 nitrogen and oxygen atoms in total. The topological polar surface area (TPSA) is 95.9 Å². The fourth-order valence-electron chi connectivity index (χ4n) is 1.97. The second-order valence-corrected chi connectivity index (χ2v) is 5.75. The van der Waals surface area contributed by atoms with Gasteiger partial charge in [-0.3, -0.25) is 4.79 Å². The average molecular weight is 259 g/mol. The van der Waals surface area contributed by atoms with E-state index in [9.17, 15) is 14.7 Å². The Morgan fingerprint density at radius 1 is 1.39 bits per heavy atom. The number of rotatable bonds is 4. The van der Waals surface area contributed by atoms with Crippen LogP contribution < -0.4 is 5.32 Å². The highest BCUT2D eigenvalue weighted by Gasteiger charge is 2.46. The summed E-state index contributed by atoms with van der Waals surface area (Å²) in [6.07, 6.45) is -0.0909. The number of ether oxygens (including phenoxy) is 1. The second-order valence-electron chi connectivity index (χ2n) is 5.75. The number of aliphatic carboxylic acids is 1. The molecule has 0 bridgehead atoms. The third-order valence-corrected chi connectivity index (χ3v) is 3.00. The maximum Gasteiger partial charge on any atom is 0.408 e. The van der Waals surface area contributed by atoms with Crippen molar-refractivity contribution in [2.75, 3.05) is 0 Å². The van der Waals surface area contributed by atoms with E-state index in [2.05, 4.69) is 5.32 Å². The minimum Gasteiger partial charge on any atom is -0.481 e. The van der Waals surface area contributed by atoms with Gasteiger partial charge in [-0.1, -0.05) is 0 Å². The Balaban J connectivity index is 2.60. The van der Waals surface area contributed by atoms with Gasteiger partial charge in [-0.15, -0.1) is 0 Å². The number of carbonyl (C=O) groups is 2. The summed E-state index contributed by atoms with van der Waals surface area (Å²) >= 11 is 0. The molecule has 1 atom stereocenters. The summed E-state index contributed by atoms with van der Waals surface area (Å²) in [5.41, 5.74) is -1.46. The molecular weight excluding hydrogens is 238 g/mol. The molecule has 0 aromatic carbocycles. The highest BCUT2D eigenvalue weighted by atomic mass is 16.6. The fraction of sp³-hybridized carbons (Fsp3) is 0.833. The lowest BCUT2D eigenvalue weighted by molar-refractivity contribution is -0.141. The highest BCUT2D eigenvalue weighted by molar-refractivity contribution is 5.70. The molecule has 0 aliphatic heterocycles. The lowest BCUT2D eigenvalue weighted by Gasteiger charge is -2.45. The van der Waals surface area contributed by atoms with Gasteiger partial charge < -0.3 is 20.3 Å². The molecule has 0 unspecified atom stereocenters. The molecule has 6 heteroatoms. The van der Waals surface area contributed by atoms with E-state index in [1.54, 1.807) is 20.8 Å². The molecule has 1 aliphatic carbocycles. The summed E-state index contributed by atoms with van der Waals surface area (Å²) in [4.78, 5) is 22.3. The predicted octanol–water partition coefficient (Wildman–Crippen LogP) is 1.27. The monoisotopic (exact) mass is 259 g/mol. The first-order chi connectivity index (χ1) is 8.15. The Morgan fingerprint density at radius 3 is 2.28 bits per heavy atom. The number of carboxylic acids is 1. The molecule has 1 aliphatic rings. The first-order valence-corrected chi connectivity index (χ1v) is 6.06. The van der Waals surface area contributed by atoms with Crippen LogP contribution in [0.4, 0.5) is 4.79 Å². The van der Waals surface area contributed by atoms with Crippen LogP contribution in [-0.2, 0) is 9.53 Å². The molecular formula is C12H21NO5. The van der Waals surface area contributed by atoms with Crippen LogP contribution in [0, 0.1) is 0 Å². The Kier molecular flexibility index (Phi) is 4.21. The first-order valence-electron chi connectivity index (χ1n) is 6.06. The van der Waals surface area contributed by atoms with E-state index in [-0.39, 0.29) is 6.42 Å². The molecule has 1 amide bonds. The minimum atomic E-state index is -1.09. The smallest absolute Gasteiger partial charge is 0.408 e. The van der Waals surface area contributed by atoms with Crippen molar-refractivity contribution in [1.29, 1.82) is 0 Å². The van der Waals surface area contributed by atoms with Gasteiger partial charge in [0.25, 0.3) is 0 Å². The third-order valence-electron chi connectivity index (χ3n) is 3.00. The van der Waals surface area contributed by atoms with Gasteiger partial charge in [0.15, 0.2) is 0 Å². The summed E-state index contributed by atoms with van der Waals surface area (Å²) < 4.78 is 5.12. The average Bonchev–Trinajstić information content (AvgIpc) is 2.06. The first kappa shape index (κ1) is 14.8. The largest absolute Gasteiger partial charge is 0.481 e. The standard InChI is InChI=1S/C12H21NO5/c1-11(2,3)18-10(17)13-12(5-4-6-12)8(14)7-9(15)16/h8,14H,4-7H2,1-3H3,(H,13,17)(H,15,16)/t8-/m0/s1. The van der Waals surface area contributed by atoms with Gasteiger partial charge in [-0.25, -0.2) is 4.79 Å². The Hall–Kier alpha value is -1.30. The van der Waals surface area contributed by atoms with Crippen LogP contribution in [0.5, 0.6) is 0 Å². The zero-order chi connectivity index (χ0) is 14.0. The summed E-state index contributed by atoms with van der Waals surface area (Å²) in [6, 6.07) is 0. The summed E-state index contributed by atoms with van der Waals surface area (Å²) in [5, 5.41) is 21.2. The number of carbonyl (C=O) groups excluding carboxylic acids is 1. The number of hydrogen-bond donors (Lipinski definition) is 3. The Labute approximate surface area is 106 Å². The molecule has 0 spiro atoms. The Bertz CT molecular complexity index is 330. The zero-order valence-electron chi connectivity index (χ0n) is 11.0. The SMILES string of the molecule is CC(C)(C)OC(=O)NC1([C@@H](O)CC(=O)O)CCC1. The van der Waals surface area contributed by atoms with E-state index in [0.29, 0.717) is 12.8 Å². The molecule has 1 rings (SSSR count). The number of aliphatic hydroxyl groups excluding tert-OH is 1. The van der Waals surface area contributed by atoms with Gasteiger partial charge in [-0.05, 0) is 40.0 Å². The van der Waals surface area contributed by atoms with Crippen molar-refractivity contribution in [2.45, 2.75) is 63.7 Å². The molecule has 0 aromatic heterocycles. The molecule has 3 N–H and O–H groups in total. The van der Waals surface area contributed by atoms with Crippen molar-refractivity contribution < 1.29 is 24.5 Å². The van der Waals surface area contributed by atoms with Crippen LogP contribution in [0.1, 0.15) is 46.5 Å². The number of nitrogens with one attached hydrogen (secondary N) is 1. The number of alkyl carbamates (subject to hydrolysis) is 1. The maximum absolute atomic E-state index is 11.7. The quantitative estimate of drug-likeness (QED) is 0.706. The zero-order valence-corrected chi connectivity index (χ0v) is 11.0. The lowest BCUT2D eigenvalue weighted by Crippen LogP contribution is -2.62. The van der Waals surface area contributed by atoms with Gasteiger partial charge in [0.05, 0.1) is 18.1 Å². The van der Waals surface area contributed by atoms with E-state index < -0.39 is 29.3 Å². The van der Waals surface area contributed by atoms with Gasteiger partial charge in [0.2, 0.25) is 0 Å². The summed E-state index contributed by atoms with van der Waals surface area (Å²) in [5.74, 6) is -1.08. The van der Waals surface area contributed by atoms with E-state index in [0.717, 1.165) is 6.42 Å². The van der Waals surface area contributed by atoms with Crippen LogP contribution in [0.2, 0.25) is 0 Å². The maximum atomic E-state index is 11.7. The molecule has 1 saturated carbocycles. The number of hydrogen-bond acceptors (Lipinski definition) is 4. The summed E-state index contributed by atoms with van der Waals surface area (Å²) in [7, 11) is 0. The van der Waals surface area contributed by atoms with Crippen molar-refractivity contribution >= 4 is 12.1 Å². The molecule has 18 heavy (non-hydrogen) atoms. The third kappa shape index (κ3) is 3.87. The molecule has 0 heterocycles. The molecule has 1 fully saturated rings. The minimum absolute atomic E-state index is 0.379. The van der Waals surface area contributed by atoms with Gasteiger partial charge >= 0.3 is 12.1 Å². The van der Waals surface area contributed by atoms with Crippen LogP contribution >= 0.6 is 0 Å². The molecule has 0 radical (unpaired) electrons. The van der Waals surface area contributed by atoms with Crippen molar-refractivity contribution in [2.24, 2.45) is 0 Å². The molecule has 0 saturated heterocycles. The van der Waals surface area contributed by atoms with Crippen LogP contribution in [0.3, 0.4) is 0 Å². The summed E-state index contributed by atoms with van der Waals surface area (Å²) in [6.45, 7) is 5.23. The Morgan fingerprint density at radius 2 is 1.94 bits per heavy atom. The number of aliphatic hydroxyl groups is 1. The lowest BCUT2D eigenvalue weighted by atomic mass is 9.72. The van der Waals surface area contributed by atoms with Crippen molar-refractivity contribution in [3.8, 4) is 0 Å². The number of carboxylic acid groups (broad SMARTS) is 1. The highest BCUT2D eigenvalue weighted by Crippen LogP contribution is 2.36. The van der Waals surface area contributed by atoms with Crippen LogP contribution in [0.25, 0.3) is 0 Å². The van der Waals surface area contributed by atoms with Crippen molar-refractivity contribution in [3.63, 3.8) is 0 Å². The van der Waals surface area contributed by atoms with Gasteiger partial charge in [-0.2, -0.15) is 0 Å². The fourth-order valence-corrected chi connectivity index (χ4v) is 1.97. The second kappa shape index (κ2) is 5.14. The number of amides is 1. The van der Waals surface area contributed by atoms with Gasteiger partial charge in [0, 0.05) is 0 Å². The van der Waals surface area contributed by atoms with E-state index >= 15 is 0 Å². The van der Waals surface area contributed by atoms with Gasteiger partial charge in [0.1, 0.15) is 5.60 Å². The molecule has 104 valence electrons. The normalized spacial score (nSPS) is 19.6.